The maximum absolute atomic E-state index is 6.01. The van der Waals surface area contributed by atoms with E-state index in [9.17, 15) is 0 Å². The van der Waals surface area contributed by atoms with Crippen molar-refractivity contribution in [2.24, 2.45) is 11.7 Å². The number of thioether (sulfide) groups is 1. The Hall–Kier alpha value is 0.300. The lowest BCUT2D eigenvalue weighted by molar-refractivity contribution is 0.712. The Bertz CT molecular complexity index is 297. The van der Waals surface area contributed by atoms with Gasteiger partial charge < -0.3 is 5.73 Å². The predicted octanol–water partition coefficient (Wildman–Crippen LogP) is 4.18. The summed E-state index contributed by atoms with van der Waals surface area (Å²) in [5.74, 6) is 1.84. The van der Waals surface area contributed by atoms with Gasteiger partial charge in [0.05, 0.1) is 9.59 Å². The largest absolute Gasteiger partial charge is 0.327 e. The Morgan fingerprint density at radius 1 is 1.40 bits per heavy atom. The number of nitrogens with two attached hydrogens (primary N) is 1. The van der Waals surface area contributed by atoms with Gasteiger partial charge in [0, 0.05) is 10.9 Å². The molecule has 1 aromatic rings. The van der Waals surface area contributed by atoms with E-state index < -0.39 is 0 Å². The van der Waals surface area contributed by atoms with Crippen molar-refractivity contribution in [3.05, 3.63) is 21.3 Å². The molecular formula is C11H18ClNS2. The standard InChI is InChI=1S/C11H18ClNS2/c1-7(2)6-14-11(8(3)13)9-4-5-10(12)15-9/h4-5,7-8,11H,6,13H2,1-3H3. The van der Waals surface area contributed by atoms with Gasteiger partial charge in [-0.15, -0.1) is 11.3 Å². The molecule has 0 amide bonds. The first-order valence-electron chi connectivity index (χ1n) is 5.13. The molecular weight excluding hydrogens is 246 g/mol. The Kier molecular flexibility index (Phi) is 5.47. The van der Waals surface area contributed by atoms with Crippen molar-refractivity contribution >= 4 is 34.7 Å². The summed E-state index contributed by atoms with van der Waals surface area (Å²) in [4.78, 5) is 1.29. The number of halogens is 1. The summed E-state index contributed by atoms with van der Waals surface area (Å²) in [6.45, 7) is 6.52. The zero-order valence-electron chi connectivity index (χ0n) is 9.37. The van der Waals surface area contributed by atoms with E-state index in [0.717, 1.165) is 10.1 Å². The molecule has 2 atom stereocenters. The maximum atomic E-state index is 6.01. The molecule has 86 valence electrons. The van der Waals surface area contributed by atoms with E-state index in [0.29, 0.717) is 11.2 Å². The number of hydrogen-bond donors (Lipinski definition) is 1. The van der Waals surface area contributed by atoms with Gasteiger partial charge in [-0.2, -0.15) is 11.8 Å². The lowest BCUT2D eigenvalue weighted by atomic mass is 10.2. The molecule has 0 fully saturated rings. The van der Waals surface area contributed by atoms with E-state index in [1.165, 1.54) is 4.88 Å². The molecule has 0 aliphatic heterocycles. The number of rotatable bonds is 5. The minimum atomic E-state index is 0.170. The van der Waals surface area contributed by atoms with Crippen LogP contribution in [0.5, 0.6) is 0 Å². The van der Waals surface area contributed by atoms with Crippen molar-refractivity contribution in [3.63, 3.8) is 0 Å². The van der Waals surface area contributed by atoms with Crippen LogP contribution < -0.4 is 5.73 Å². The van der Waals surface area contributed by atoms with Crippen molar-refractivity contribution < 1.29 is 0 Å². The van der Waals surface area contributed by atoms with Crippen molar-refractivity contribution in [2.75, 3.05) is 5.75 Å². The monoisotopic (exact) mass is 263 g/mol. The van der Waals surface area contributed by atoms with E-state index in [1.807, 2.05) is 17.8 Å². The lowest BCUT2D eigenvalue weighted by Gasteiger charge is -2.19. The van der Waals surface area contributed by atoms with Crippen LogP contribution in [-0.2, 0) is 0 Å². The highest BCUT2D eigenvalue weighted by Crippen LogP contribution is 2.37. The van der Waals surface area contributed by atoms with E-state index >= 15 is 0 Å². The van der Waals surface area contributed by atoms with Crippen LogP contribution in [0, 0.1) is 5.92 Å². The molecule has 0 aliphatic carbocycles. The van der Waals surface area contributed by atoms with Gasteiger partial charge in [-0.3, -0.25) is 0 Å². The van der Waals surface area contributed by atoms with Gasteiger partial charge in [0.1, 0.15) is 0 Å². The highest BCUT2D eigenvalue weighted by Gasteiger charge is 2.18. The van der Waals surface area contributed by atoms with Crippen molar-refractivity contribution in [1.82, 2.24) is 0 Å². The van der Waals surface area contributed by atoms with Crippen molar-refractivity contribution in [1.29, 1.82) is 0 Å². The van der Waals surface area contributed by atoms with Crippen LogP contribution in [0.15, 0.2) is 12.1 Å². The summed E-state index contributed by atoms with van der Waals surface area (Å²) in [7, 11) is 0. The van der Waals surface area contributed by atoms with Gasteiger partial charge in [0.25, 0.3) is 0 Å². The molecule has 0 spiro atoms. The average Bonchev–Trinajstić information content (AvgIpc) is 2.51. The Labute approximate surface area is 105 Å². The van der Waals surface area contributed by atoms with E-state index in [4.69, 9.17) is 17.3 Å². The smallest absolute Gasteiger partial charge is 0.0931 e. The molecule has 1 rings (SSSR count). The van der Waals surface area contributed by atoms with Crippen LogP contribution in [0.25, 0.3) is 0 Å². The summed E-state index contributed by atoms with van der Waals surface area (Å²) in [6.07, 6.45) is 0. The normalized spacial score (nSPS) is 15.6. The van der Waals surface area contributed by atoms with E-state index in [1.54, 1.807) is 11.3 Å². The fourth-order valence-corrected chi connectivity index (χ4v) is 3.92. The van der Waals surface area contributed by atoms with Gasteiger partial charge in [-0.25, -0.2) is 0 Å². The maximum Gasteiger partial charge on any atom is 0.0931 e. The summed E-state index contributed by atoms with van der Waals surface area (Å²) in [6, 6.07) is 4.21. The summed E-state index contributed by atoms with van der Waals surface area (Å²) < 4.78 is 0.848. The quantitative estimate of drug-likeness (QED) is 0.863. The topological polar surface area (TPSA) is 26.0 Å². The summed E-state index contributed by atoms with van der Waals surface area (Å²) in [5.41, 5.74) is 6.01. The van der Waals surface area contributed by atoms with Gasteiger partial charge in [0.2, 0.25) is 0 Å². The second kappa shape index (κ2) is 6.14. The molecule has 2 N–H and O–H groups in total. The molecule has 0 bridgehead atoms. The summed E-state index contributed by atoms with van der Waals surface area (Å²) >= 11 is 9.51. The van der Waals surface area contributed by atoms with Crippen LogP contribution in [0.4, 0.5) is 0 Å². The molecule has 0 radical (unpaired) electrons. The third-order valence-electron chi connectivity index (χ3n) is 1.96. The zero-order valence-corrected chi connectivity index (χ0v) is 11.8. The molecule has 1 nitrogen and oxygen atoms in total. The highest BCUT2D eigenvalue weighted by atomic mass is 35.5. The predicted molar refractivity (Wildman–Crippen MR) is 73.0 cm³/mol. The van der Waals surface area contributed by atoms with Gasteiger partial charge in [-0.05, 0) is 30.7 Å². The molecule has 2 unspecified atom stereocenters. The van der Waals surface area contributed by atoms with Crippen molar-refractivity contribution in [2.45, 2.75) is 32.1 Å². The molecule has 4 heteroatoms. The minimum absolute atomic E-state index is 0.170. The second-order valence-corrected chi connectivity index (χ2v) is 7.07. The third-order valence-corrected chi connectivity index (χ3v) is 5.33. The second-order valence-electron chi connectivity index (χ2n) is 4.15. The van der Waals surface area contributed by atoms with E-state index in [-0.39, 0.29) is 6.04 Å². The van der Waals surface area contributed by atoms with Crippen LogP contribution in [-0.4, -0.2) is 11.8 Å². The average molecular weight is 264 g/mol. The van der Waals surface area contributed by atoms with Crippen LogP contribution >= 0.6 is 34.7 Å². The molecule has 0 aromatic carbocycles. The van der Waals surface area contributed by atoms with Gasteiger partial charge in [0.15, 0.2) is 0 Å². The molecule has 0 saturated carbocycles. The fourth-order valence-electron chi connectivity index (χ4n) is 1.27. The highest BCUT2D eigenvalue weighted by molar-refractivity contribution is 7.99. The molecule has 0 aliphatic rings. The molecule has 1 heterocycles. The Morgan fingerprint density at radius 2 is 2.07 bits per heavy atom. The fraction of sp³-hybridized carbons (Fsp3) is 0.636. The number of hydrogen-bond acceptors (Lipinski definition) is 3. The first kappa shape index (κ1) is 13.4. The lowest BCUT2D eigenvalue weighted by Crippen LogP contribution is -2.22. The molecule has 15 heavy (non-hydrogen) atoms. The third kappa shape index (κ3) is 4.35. The first-order valence-corrected chi connectivity index (χ1v) is 7.37. The minimum Gasteiger partial charge on any atom is -0.327 e. The van der Waals surface area contributed by atoms with Crippen molar-refractivity contribution in [3.8, 4) is 0 Å². The van der Waals surface area contributed by atoms with Gasteiger partial charge >= 0.3 is 0 Å². The van der Waals surface area contributed by atoms with Gasteiger partial charge in [-0.1, -0.05) is 25.4 Å². The Balaban J connectivity index is 2.66. The number of thiophene rings is 1. The van der Waals surface area contributed by atoms with E-state index in [2.05, 4.69) is 26.8 Å². The SMILES string of the molecule is CC(C)CSC(c1ccc(Cl)s1)C(C)N. The van der Waals surface area contributed by atoms with Crippen LogP contribution in [0.2, 0.25) is 4.34 Å². The first-order chi connectivity index (χ1) is 7.00. The van der Waals surface area contributed by atoms with Crippen LogP contribution in [0.3, 0.4) is 0 Å². The molecule has 0 saturated heterocycles. The summed E-state index contributed by atoms with van der Waals surface area (Å²) in [5, 5.41) is 0.380. The molecule has 1 aromatic heterocycles. The van der Waals surface area contributed by atoms with Crippen LogP contribution in [0.1, 0.15) is 30.9 Å². The zero-order chi connectivity index (χ0) is 11.4. The Morgan fingerprint density at radius 3 is 2.47 bits per heavy atom.